The quantitative estimate of drug-likeness (QED) is 0.0480. The molecule has 0 saturated carbocycles. The van der Waals surface area contributed by atoms with Gasteiger partial charge in [-0.15, -0.1) is 23.1 Å². The van der Waals surface area contributed by atoms with E-state index in [0.717, 1.165) is 16.7 Å². The Morgan fingerprint density at radius 1 is 1.16 bits per heavy atom. The molecular weight excluding hydrogens is 658 g/mol. The average molecular weight is 687 g/mol. The summed E-state index contributed by atoms with van der Waals surface area (Å²) in [5, 5.41) is 21.4. The Balaban J connectivity index is 1.81. The molecular formula is C21H28N4O14P2S2. The number of hydrogen-bond acceptors (Lipinski definition) is 11. The van der Waals surface area contributed by atoms with Crippen molar-refractivity contribution < 1.29 is 67.6 Å². The van der Waals surface area contributed by atoms with Crippen molar-refractivity contribution in [3.63, 3.8) is 0 Å². The van der Waals surface area contributed by atoms with Crippen LogP contribution in [0.5, 0.6) is 0 Å². The highest BCUT2D eigenvalue weighted by atomic mass is 32.2. The smallest absolute Gasteiger partial charge is 0.404 e. The first kappa shape index (κ1) is 34.7. The summed E-state index contributed by atoms with van der Waals surface area (Å²) in [6, 6.07) is 3.33. The van der Waals surface area contributed by atoms with E-state index in [9.17, 15) is 62.9 Å². The van der Waals surface area contributed by atoms with E-state index in [1.165, 1.54) is 11.3 Å². The van der Waals surface area contributed by atoms with Gasteiger partial charge in [0, 0.05) is 22.7 Å². The third-order valence-corrected chi connectivity index (χ3v) is 12.7. The molecule has 18 nitrogen and oxygen atoms in total. The fourth-order valence-corrected chi connectivity index (χ4v) is 8.80. The summed E-state index contributed by atoms with van der Waals surface area (Å²) in [7, 11) is -11.4. The monoisotopic (exact) mass is 686 g/mol. The van der Waals surface area contributed by atoms with Gasteiger partial charge in [-0.1, -0.05) is 6.07 Å². The molecule has 0 aliphatic carbocycles. The highest BCUT2D eigenvalue weighted by Crippen LogP contribution is 2.69. The number of carbonyl (C=O) groups is 5. The average Bonchev–Trinajstić information content (AvgIpc) is 3.40. The van der Waals surface area contributed by atoms with E-state index in [1.807, 2.05) is 0 Å². The molecule has 0 bridgehead atoms. The van der Waals surface area contributed by atoms with E-state index < -0.39 is 86.1 Å². The summed E-state index contributed by atoms with van der Waals surface area (Å²) < 4.78 is 27.7. The van der Waals surface area contributed by atoms with Crippen LogP contribution in [-0.4, -0.2) is 99.4 Å². The van der Waals surface area contributed by atoms with Gasteiger partial charge in [0.1, 0.15) is 17.7 Å². The predicted octanol–water partition coefficient (Wildman–Crippen LogP) is -1.22. The van der Waals surface area contributed by atoms with Crippen LogP contribution in [0.4, 0.5) is 4.79 Å². The summed E-state index contributed by atoms with van der Waals surface area (Å²) in [6.07, 6.45) is -3.00. The Labute approximate surface area is 251 Å². The predicted molar refractivity (Wildman–Crippen MR) is 148 cm³/mol. The second-order valence-electron chi connectivity index (χ2n) is 9.39. The van der Waals surface area contributed by atoms with E-state index in [4.69, 9.17) is 5.73 Å². The topological polar surface area (TPSA) is 303 Å². The lowest BCUT2D eigenvalue weighted by Crippen LogP contribution is -2.84. The standard InChI is InChI=1S/C21H28N4O14P2S2/c22-19(31)39-9-11-10-43-18-21(17(30)25(18)14(11)15(27)28,24-13(26)8-12-4-3-7-42-12)16(29)23-6-2-1-5-20(32,40(33,34)35)41(36,37)38/h3-4,7,18,32H,1-2,5-6,8-10H2,(H2,22,31)(H,23,29)(H,24,26)(H,27,28)(H2,33,34,35)(H2,36,37,38)/t18-,21?/m0/s1. The van der Waals surface area contributed by atoms with E-state index in [1.54, 1.807) is 17.5 Å². The van der Waals surface area contributed by atoms with Crippen LogP contribution < -0.4 is 16.4 Å². The van der Waals surface area contributed by atoms with Crippen molar-refractivity contribution in [1.29, 1.82) is 0 Å². The van der Waals surface area contributed by atoms with Gasteiger partial charge in [0.2, 0.25) is 11.4 Å². The number of carboxylic acid groups (broad SMARTS) is 1. The molecule has 10 N–H and O–H groups in total. The van der Waals surface area contributed by atoms with Crippen molar-refractivity contribution >= 4 is 68.1 Å². The number of carbonyl (C=O) groups excluding carboxylic acids is 4. The number of hydrogen-bond donors (Lipinski definition) is 9. The molecule has 3 heterocycles. The molecule has 2 aliphatic rings. The van der Waals surface area contributed by atoms with E-state index in [-0.39, 0.29) is 30.7 Å². The van der Waals surface area contributed by atoms with E-state index >= 15 is 0 Å². The van der Waals surface area contributed by atoms with Gasteiger partial charge in [-0.25, -0.2) is 9.59 Å². The SMILES string of the molecule is NC(=O)OCC1=C(C(=O)O)N2C(=O)C(NC(=O)Cc3cccs3)(C(=O)NCCCCC(O)(P(=O)(O)O)P(=O)(O)O)[C@@H]2SC1. The lowest BCUT2D eigenvalue weighted by atomic mass is 9.84. The molecule has 22 heteroatoms. The van der Waals surface area contributed by atoms with Crippen molar-refractivity contribution in [1.82, 2.24) is 15.5 Å². The Morgan fingerprint density at radius 2 is 1.81 bits per heavy atom. The number of ether oxygens (including phenoxy) is 1. The van der Waals surface area contributed by atoms with Crippen LogP contribution in [0, 0.1) is 0 Å². The third-order valence-electron chi connectivity index (χ3n) is 6.51. The number of β-lactam (4-membered cyclic amide) rings is 1. The number of nitrogens with zero attached hydrogens (tertiary/aromatic N) is 1. The van der Waals surface area contributed by atoms with Gasteiger partial charge < -0.3 is 50.9 Å². The highest BCUT2D eigenvalue weighted by Gasteiger charge is 2.69. The maximum absolute atomic E-state index is 13.5. The van der Waals surface area contributed by atoms with Gasteiger partial charge in [0.15, 0.2) is 0 Å². The Morgan fingerprint density at radius 3 is 2.35 bits per heavy atom. The number of nitrogens with one attached hydrogen (secondary N) is 2. The van der Waals surface area contributed by atoms with Gasteiger partial charge in [-0.3, -0.25) is 28.4 Å². The Kier molecular flexibility index (Phi) is 10.5. The summed E-state index contributed by atoms with van der Waals surface area (Å²) in [5.74, 6) is -4.57. The number of rotatable bonds is 14. The van der Waals surface area contributed by atoms with Crippen LogP contribution in [-0.2, 0) is 39.5 Å². The fourth-order valence-electron chi connectivity index (χ4n) is 4.39. The number of thioether (sulfide) groups is 1. The molecule has 1 aromatic heterocycles. The largest absolute Gasteiger partial charge is 0.477 e. The summed E-state index contributed by atoms with van der Waals surface area (Å²) in [6.45, 7) is -0.871. The molecule has 1 saturated heterocycles. The molecule has 0 aromatic carbocycles. The summed E-state index contributed by atoms with van der Waals surface area (Å²) in [4.78, 5) is 101. The first-order valence-corrected chi connectivity index (χ1v) is 17.3. The minimum absolute atomic E-state index is 0.0161. The molecule has 1 fully saturated rings. The van der Waals surface area contributed by atoms with Crippen molar-refractivity contribution in [2.75, 3.05) is 18.9 Å². The number of carboxylic acids is 1. The number of aliphatic hydroxyl groups is 1. The van der Waals surface area contributed by atoms with Gasteiger partial charge in [0.25, 0.3) is 16.9 Å². The zero-order valence-corrected chi connectivity index (χ0v) is 25.4. The lowest BCUT2D eigenvalue weighted by Gasteiger charge is -2.55. The highest BCUT2D eigenvalue weighted by molar-refractivity contribution is 8.00. The second-order valence-corrected chi connectivity index (χ2v) is 15.5. The van der Waals surface area contributed by atoms with Gasteiger partial charge >= 0.3 is 27.3 Å². The lowest BCUT2D eigenvalue weighted by molar-refractivity contribution is -0.165. The molecule has 0 spiro atoms. The number of thiophene rings is 1. The molecule has 238 valence electrons. The first-order valence-electron chi connectivity index (χ1n) is 12.1. The van der Waals surface area contributed by atoms with Crippen LogP contribution in [0.15, 0.2) is 28.8 Å². The molecule has 4 amide bonds. The van der Waals surface area contributed by atoms with Crippen LogP contribution in [0.2, 0.25) is 0 Å². The minimum atomic E-state index is -5.68. The molecule has 2 aliphatic heterocycles. The molecule has 2 atom stereocenters. The number of amides is 4. The number of fused-ring (bicyclic) bond motifs is 1. The van der Waals surface area contributed by atoms with Crippen molar-refractivity contribution in [2.24, 2.45) is 5.73 Å². The number of nitrogens with two attached hydrogens (primary N) is 1. The van der Waals surface area contributed by atoms with Crippen molar-refractivity contribution in [3.8, 4) is 0 Å². The first-order chi connectivity index (χ1) is 19.9. The molecule has 3 rings (SSSR count). The van der Waals surface area contributed by atoms with Gasteiger partial charge in [0.05, 0.1) is 6.42 Å². The Bertz CT molecular complexity index is 1400. The summed E-state index contributed by atoms with van der Waals surface area (Å²) >= 11 is 2.15. The zero-order valence-electron chi connectivity index (χ0n) is 21.9. The number of aliphatic carboxylic acids is 1. The molecule has 1 unspecified atom stereocenters. The maximum Gasteiger partial charge on any atom is 0.404 e. The second kappa shape index (κ2) is 13.1. The molecule has 0 radical (unpaired) electrons. The number of unbranched alkanes of at least 4 members (excludes halogenated alkanes) is 1. The van der Waals surface area contributed by atoms with Gasteiger partial charge in [-0.2, -0.15) is 0 Å². The van der Waals surface area contributed by atoms with Crippen LogP contribution in [0.3, 0.4) is 0 Å². The van der Waals surface area contributed by atoms with Gasteiger partial charge in [-0.05, 0) is 30.7 Å². The molecule has 43 heavy (non-hydrogen) atoms. The zero-order chi connectivity index (χ0) is 32.4. The number of primary amides is 1. The minimum Gasteiger partial charge on any atom is -0.477 e. The fraction of sp³-hybridized carbons (Fsp3) is 0.476. The van der Waals surface area contributed by atoms with Crippen molar-refractivity contribution in [2.45, 2.75) is 41.7 Å². The normalized spacial score (nSPS) is 20.6. The summed E-state index contributed by atoms with van der Waals surface area (Å²) in [5.41, 5.74) is 2.13. The Hall–Kier alpha value is -2.80. The van der Waals surface area contributed by atoms with Crippen LogP contribution in [0.1, 0.15) is 24.1 Å². The van der Waals surface area contributed by atoms with E-state index in [2.05, 4.69) is 15.4 Å². The molecule has 1 aromatic rings. The third kappa shape index (κ3) is 6.97. The van der Waals surface area contributed by atoms with Crippen molar-refractivity contribution in [3.05, 3.63) is 33.7 Å². The van der Waals surface area contributed by atoms with Crippen LogP contribution in [0.25, 0.3) is 0 Å². The van der Waals surface area contributed by atoms with Crippen LogP contribution >= 0.6 is 38.3 Å². The maximum atomic E-state index is 13.5. The van der Waals surface area contributed by atoms with E-state index in [0.29, 0.717) is 4.88 Å².